The maximum absolute atomic E-state index is 12.9. The molecule has 32 heavy (non-hydrogen) atoms. The number of aromatic carboxylic acids is 1. The molecule has 1 fully saturated rings. The summed E-state index contributed by atoms with van der Waals surface area (Å²) in [4.78, 5) is 39.9. The molecule has 1 saturated heterocycles. The first-order valence-corrected chi connectivity index (χ1v) is 10.4. The zero-order chi connectivity index (χ0) is 23.3. The first-order chi connectivity index (χ1) is 15.1. The van der Waals surface area contributed by atoms with Gasteiger partial charge in [0, 0.05) is 19.6 Å². The first kappa shape index (κ1) is 23.1. The summed E-state index contributed by atoms with van der Waals surface area (Å²) in [7, 11) is 0. The molecular weight excluding hydrogens is 412 g/mol. The van der Waals surface area contributed by atoms with E-state index in [1.807, 2.05) is 30.3 Å². The van der Waals surface area contributed by atoms with Crippen LogP contribution in [0.25, 0.3) is 0 Å². The summed E-state index contributed by atoms with van der Waals surface area (Å²) >= 11 is 0. The molecule has 8 nitrogen and oxygen atoms in total. The summed E-state index contributed by atoms with van der Waals surface area (Å²) in [6, 6.07) is 15.2. The molecule has 1 aliphatic rings. The van der Waals surface area contributed by atoms with Gasteiger partial charge < -0.3 is 19.5 Å². The summed E-state index contributed by atoms with van der Waals surface area (Å²) in [6.45, 7) is 6.30. The number of piperazine rings is 1. The Hall–Kier alpha value is -3.55. The van der Waals surface area contributed by atoms with Crippen LogP contribution in [0.4, 0.5) is 9.59 Å². The lowest BCUT2D eigenvalue weighted by Gasteiger charge is -2.41. The van der Waals surface area contributed by atoms with E-state index in [2.05, 4.69) is 0 Å². The maximum Gasteiger partial charge on any atom is 0.410 e. The lowest BCUT2D eigenvalue weighted by atomic mass is 10.0. The zero-order valence-corrected chi connectivity index (χ0v) is 18.5. The number of hydrogen-bond donors (Lipinski definition) is 1. The van der Waals surface area contributed by atoms with Crippen molar-refractivity contribution in [1.29, 1.82) is 0 Å². The average molecular weight is 440 g/mol. The number of rotatable bonds is 4. The minimum absolute atomic E-state index is 0.136. The number of carboxylic acids is 1. The molecular formula is C24H28N2O6. The Balaban J connectivity index is 1.78. The van der Waals surface area contributed by atoms with Gasteiger partial charge in [0.15, 0.2) is 0 Å². The number of benzene rings is 2. The third-order valence-corrected chi connectivity index (χ3v) is 5.01. The Morgan fingerprint density at radius 2 is 1.62 bits per heavy atom. The third kappa shape index (κ3) is 6.00. The second-order valence-electron chi connectivity index (χ2n) is 8.60. The molecule has 0 saturated carbocycles. The summed E-state index contributed by atoms with van der Waals surface area (Å²) < 4.78 is 11.0. The molecule has 1 atom stereocenters. The van der Waals surface area contributed by atoms with Gasteiger partial charge in [0.2, 0.25) is 0 Å². The fourth-order valence-electron chi connectivity index (χ4n) is 3.43. The predicted octanol–water partition coefficient (Wildman–Crippen LogP) is 4.32. The molecule has 2 aromatic carbocycles. The van der Waals surface area contributed by atoms with Gasteiger partial charge in [-0.05, 0) is 44.0 Å². The third-order valence-electron chi connectivity index (χ3n) is 5.01. The van der Waals surface area contributed by atoms with E-state index in [0.29, 0.717) is 12.1 Å². The summed E-state index contributed by atoms with van der Waals surface area (Å²) in [6.07, 6.45) is -0.952. The predicted molar refractivity (Wildman–Crippen MR) is 117 cm³/mol. The van der Waals surface area contributed by atoms with Crippen molar-refractivity contribution in [2.45, 2.75) is 39.0 Å². The molecule has 1 aliphatic heterocycles. The fourth-order valence-corrected chi connectivity index (χ4v) is 3.43. The molecule has 1 N–H and O–H groups in total. The fraction of sp³-hybridized carbons (Fsp3) is 0.375. The van der Waals surface area contributed by atoms with Crippen LogP contribution in [0.2, 0.25) is 0 Å². The Labute approximate surface area is 187 Å². The van der Waals surface area contributed by atoms with E-state index in [-0.39, 0.29) is 25.3 Å². The number of carbonyl (C=O) groups is 3. The minimum Gasteiger partial charge on any atom is -0.478 e. The van der Waals surface area contributed by atoms with Gasteiger partial charge in [0.25, 0.3) is 0 Å². The van der Waals surface area contributed by atoms with Gasteiger partial charge >= 0.3 is 18.2 Å². The molecule has 1 unspecified atom stereocenters. The number of amides is 2. The molecule has 0 bridgehead atoms. The lowest BCUT2D eigenvalue weighted by Crippen LogP contribution is -2.53. The highest BCUT2D eigenvalue weighted by atomic mass is 16.6. The SMILES string of the molecule is CC(C)(C)OC(=O)N1CCN(C(=O)OCc2ccccc2)C(c2ccc(C(=O)O)cc2)C1. The van der Waals surface area contributed by atoms with Crippen molar-refractivity contribution in [3.63, 3.8) is 0 Å². The highest BCUT2D eigenvalue weighted by Crippen LogP contribution is 2.28. The van der Waals surface area contributed by atoms with Gasteiger partial charge in [0.05, 0.1) is 11.6 Å². The maximum atomic E-state index is 12.9. The van der Waals surface area contributed by atoms with Crippen LogP contribution in [0.3, 0.4) is 0 Å². The Kier molecular flexibility index (Phi) is 7.02. The normalized spacial score (nSPS) is 16.4. The lowest BCUT2D eigenvalue weighted by molar-refractivity contribution is 0.000818. The van der Waals surface area contributed by atoms with Crippen LogP contribution in [-0.2, 0) is 16.1 Å². The molecule has 170 valence electrons. The quantitative estimate of drug-likeness (QED) is 0.761. The van der Waals surface area contributed by atoms with Crippen molar-refractivity contribution in [2.24, 2.45) is 0 Å². The number of hydrogen-bond acceptors (Lipinski definition) is 5. The van der Waals surface area contributed by atoms with Crippen molar-refractivity contribution in [2.75, 3.05) is 19.6 Å². The van der Waals surface area contributed by atoms with Crippen LogP contribution in [0, 0.1) is 0 Å². The topological polar surface area (TPSA) is 96.4 Å². The van der Waals surface area contributed by atoms with E-state index in [9.17, 15) is 19.5 Å². The standard InChI is InChI=1S/C24H28N2O6/c1-24(2,3)32-22(29)25-13-14-26(23(30)31-16-17-7-5-4-6-8-17)20(15-25)18-9-11-19(12-10-18)21(27)28/h4-12,20H,13-16H2,1-3H3,(H,27,28). The molecule has 0 spiro atoms. The summed E-state index contributed by atoms with van der Waals surface area (Å²) in [5.41, 5.74) is 1.09. The Bertz CT molecular complexity index is 953. The monoisotopic (exact) mass is 440 g/mol. The number of ether oxygens (including phenoxy) is 2. The van der Waals surface area contributed by atoms with Crippen LogP contribution >= 0.6 is 0 Å². The van der Waals surface area contributed by atoms with E-state index in [0.717, 1.165) is 5.56 Å². The summed E-state index contributed by atoms with van der Waals surface area (Å²) in [5, 5.41) is 9.17. The highest BCUT2D eigenvalue weighted by Gasteiger charge is 2.36. The van der Waals surface area contributed by atoms with E-state index >= 15 is 0 Å². The zero-order valence-electron chi connectivity index (χ0n) is 18.5. The van der Waals surface area contributed by atoms with Crippen molar-refractivity contribution >= 4 is 18.2 Å². The van der Waals surface area contributed by atoms with E-state index < -0.39 is 29.8 Å². The largest absolute Gasteiger partial charge is 0.478 e. The van der Waals surface area contributed by atoms with E-state index in [4.69, 9.17) is 9.47 Å². The minimum atomic E-state index is -1.03. The summed E-state index contributed by atoms with van der Waals surface area (Å²) in [5.74, 6) is -1.03. The van der Waals surface area contributed by atoms with Crippen LogP contribution in [0.5, 0.6) is 0 Å². The molecule has 1 heterocycles. The molecule has 2 aromatic rings. The molecule has 2 amide bonds. The van der Waals surface area contributed by atoms with Gasteiger partial charge in [-0.3, -0.25) is 4.90 Å². The Morgan fingerprint density at radius 3 is 2.22 bits per heavy atom. The van der Waals surface area contributed by atoms with Gasteiger partial charge in [-0.15, -0.1) is 0 Å². The number of nitrogens with zero attached hydrogens (tertiary/aromatic N) is 2. The Morgan fingerprint density at radius 1 is 0.969 bits per heavy atom. The van der Waals surface area contributed by atoms with Crippen molar-refractivity contribution in [3.05, 3.63) is 71.3 Å². The van der Waals surface area contributed by atoms with E-state index in [1.165, 1.54) is 12.1 Å². The second-order valence-corrected chi connectivity index (χ2v) is 8.60. The second kappa shape index (κ2) is 9.72. The van der Waals surface area contributed by atoms with Crippen LogP contribution < -0.4 is 0 Å². The molecule has 0 aliphatic carbocycles. The molecule has 0 radical (unpaired) electrons. The van der Waals surface area contributed by atoms with E-state index in [1.54, 1.807) is 42.7 Å². The number of carboxylic acid groups (broad SMARTS) is 1. The average Bonchev–Trinajstić information content (AvgIpc) is 2.76. The van der Waals surface area contributed by atoms with Crippen molar-refractivity contribution < 1.29 is 29.0 Å². The van der Waals surface area contributed by atoms with Gasteiger partial charge in [-0.2, -0.15) is 0 Å². The molecule has 8 heteroatoms. The molecule has 3 rings (SSSR count). The molecule has 0 aromatic heterocycles. The van der Waals surface area contributed by atoms with Gasteiger partial charge in [-0.25, -0.2) is 14.4 Å². The van der Waals surface area contributed by atoms with Crippen molar-refractivity contribution in [1.82, 2.24) is 9.80 Å². The van der Waals surface area contributed by atoms with Crippen molar-refractivity contribution in [3.8, 4) is 0 Å². The number of carbonyl (C=O) groups excluding carboxylic acids is 2. The van der Waals surface area contributed by atoms with Crippen LogP contribution in [-0.4, -0.2) is 58.3 Å². The first-order valence-electron chi connectivity index (χ1n) is 10.4. The van der Waals surface area contributed by atoms with Gasteiger partial charge in [-0.1, -0.05) is 42.5 Å². The smallest absolute Gasteiger partial charge is 0.410 e. The van der Waals surface area contributed by atoms with Crippen LogP contribution in [0.1, 0.15) is 48.3 Å². The highest BCUT2D eigenvalue weighted by molar-refractivity contribution is 5.87. The van der Waals surface area contributed by atoms with Crippen LogP contribution in [0.15, 0.2) is 54.6 Å². The van der Waals surface area contributed by atoms with Gasteiger partial charge in [0.1, 0.15) is 12.2 Å².